The Morgan fingerprint density at radius 2 is 2.23 bits per heavy atom. The molecule has 1 aliphatic rings. The molecule has 3 rings (SSSR count). The molecule has 22 heavy (non-hydrogen) atoms. The van der Waals surface area contributed by atoms with Crippen LogP contribution in [-0.2, 0) is 16.0 Å². The highest BCUT2D eigenvalue weighted by atomic mass is 16.5. The summed E-state index contributed by atoms with van der Waals surface area (Å²) < 4.78 is 5.45. The van der Waals surface area contributed by atoms with E-state index in [0.717, 1.165) is 30.8 Å². The largest absolute Gasteiger partial charge is 0.378 e. The van der Waals surface area contributed by atoms with E-state index >= 15 is 0 Å². The third-order valence-electron chi connectivity index (χ3n) is 3.68. The Bertz CT molecular complexity index is 606. The smallest absolute Gasteiger partial charge is 0.222 e. The van der Waals surface area contributed by atoms with E-state index in [2.05, 4.69) is 20.5 Å². The Morgan fingerprint density at radius 1 is 1.36 bits per heavy atom. The summed E-state index contributed by atoms with van der Waals surface area (Å²) in [5.74, 6) is 1.49. The highest BCUT2D eigenvalue weighted by Gasteiger charge is 2.18. The van der Waals surface area contributed by atoms with E-state index in [4.69, 9.17) is 4.74 Å². The van der Waals surface area contributed by atoms with Crippen molar-refractivity contribution in [3.05, 3.63) is 36.2 Å². The van der Waals surface area contributed by atoms with Crippen molar-refractivity contribution in [2.45, 2.75) is 31.8 Å². The number of carbonyl (C=O) groups is 1. The first kappa shape index (κ1) is 14.7. The van der Waals surface area contributed by atoms with Gasteiger partial charge in [-0.05, 0) is 12.8 Å². The van der Waals surface area contributed by atoms with Gasteiger partial charge in [0, 0.05) is 25.1 Å². The quantitative estimate of drug-likeness (QED) is 0.851. The number of amides is 1. The molecule has 2 aromatic rings. The molecular weight excluding hydrogens is 280 g/mol. The van der Waals surface area contributed by atoms with Gasteiger partial charge < -0.3 is 10.1 Å². The third kappa shape index (κ3) is 3.92. The third-order valence-corrected chi connectivity index (χ3v) is 3.68. The van der Waals surface area contributed by atoms with E-state index < -0.39 is 0 Å². The molecule has 0 bridgehead atoms. The predicted octanol–water partition coefficient (Wildman–Crippen LogP) is 1.70. The monoisotopic (exact) mass is 300 g/mol. The number of ether oxygens (including phenoxy) is 1. The first-order chi connectivity index (χ1) is 10.8. The van der Waals surface area contributed by atoms with E-state index in [1.165, 1.54) is 0 Å². The van der Waals surface area contributed by atoms with Gasteiger partial charge in [-0.2, -0.15) is 5.10 Å². The molecule has 1 amide bonds. The van der Waals surface area contributed by atoms with E-state index in [9.17, 15) is 4.79 Å². The first-order valence-corrected chi connectivity index (χ1v) is 7.66. The first-order valence-electron chi connectivity index (χ1n) is 7.66. The Balaban J connectivity index is 1.44. The Morgan fingerprint density at radius 3 is 3.00 bits per heavy atom. The molecule has 0 spiro atoms. The number of benzene rings is 1. The van der Waals surface area contributed by atoms with Crippen LogP contribution in [0.3, 0.4) is 0 Å². The van der Waals surface area contributed by atoms with Crippen LogP contribution in [0.4, 0.5) is 0 Å². The van der Waals surface area contributed by atoms with Gasteiger partial charge in [-0.1, -0.05) is 30.3 Å². The number of nitrogens with zero attached hydrogens (tertiary/aromatic N) is 2. The van der Waals surface area contributed by atoms with Gasteiger partial charge in [-0.3, -0.25) is 9.89 Å². The molecule has 2 heterocycles. The molecule has 0 unspecified atom stereocenters. The highest BCUT2D eigenvalue weighted by molar-refractivity contribution is 5.76. The molecule has 1 aromatic heterocycles. The van der Waals surface area contributed by atoms with Crippen molar-refractivity contribution < 1.29 is 9.53 Å². The summed E-state index contributed by atoms with van der Waals surface area (Å²) in [6.45, 7) is 1.33. The molecule has 1 atom stereocenters. The lowest BCUT2D eigenvalue weighted by Gasteiger charge is -2.08. The summed E-state index contributed by atoms with van der Waals surface area (Å²) in [4.78, 5) is 16.2. The van der Waals surface area contributed by atoms with Crippen molar-refractivity contribution in [2.24, 2.45) is 0 Å². The van der Waals surface area contributed by atoms with Crippen molar-refractivity contribution in [1.82, 2.24) is 20.5 Å². The number of H-pyrrole nitrogens is 1. The summed E-state index contributed by atoms with van der Waals surface area (Å²) in [6.07, 6.45) is 3.21. The molecule has 0 saturated carbocycles. The molecule has 1 fully saturated rings. The zero-order chi connectivity index (χ0) is 15.2. The summed E-state index contributed by atoms with van der Waals surface area (Å²) in [5.41, 5.74) is 0.979. The second-order valence-electron chi connectivity index (χ2n) is 5.41. The van der Waals surface area contributed by atoms with E-state index in [-0.39, 0.29) is 12.0 Å². The Kier molecular flexibility index (Phi) is 4.80. The molecular formula is C16H20N4O2. The van der Waals surface area contributed by atoms with Crippen LogP contribution in [0.2, 0.25) is 0 Å². The number of hydrogen-bond acceptors (Lipinski definition) is 4. The fraction of sp³-hybridized carbons (Fsp3) is 0.438. The fourth-order valence-corrected chi connectivity index (χ4v) is 2.53. The minimum atomic E-state index is 0.0368. The lowest BCUT2D eigenvalue weighted by atomic mass is 10.2. The summed E-state index contributed by atoms with van der Waals surface area (Å²) >= 11 is 0. The maximum atomic E-state index is 11.8. The summed E-state index contributed by atoms with van der Waals surface area (Å²) in [5, 5.41) is 10.0. The van der Waals surface area contributed by atoms with Crippen LogP contribution in [0.1, 0.15) is 25.1 Å². The van der Waals surface area contributed by atoms with Gasteiger partial charge in [0.15, 0.2) is 5.82 Å². The molecule has 6 nitrogen and oxygen atoms in total. The molecule has 0 radical (unpaired) electrons. The van der Waals surface area contributed by atoms with Gasteiger partial charge >= 0.3 is 0 Å². The van der Waals surface area contributed by atoms with Crippen molar-refractivity contribution in [3.8, 4) is 11.4 Å². The normalized spacial score (nSPS) is 17.5. The van der Waals surface area contributed by atoms with Crippen LogP contribution in [0.25, 0.3) is 11.4 Å². The van der Waals surface area contributed by atoms with Crippen LogP contribution < -0.4 is 5.32 Å². The van der Waals surface area contributed by atoms with E-state index in [0.29, 0.717) is 25.2 Å². The van der Waals surface area contributed by atoms with Gasteiger partial charge in [0.05, 0.1) is 12.5 Å². The van der Waals surface area contributed by atoms with Crippen LogP contribution in [0.15, 0.2) is 30.3 Å². The standard InChI is InChI=1S/C16H20N4O2/c21-15(11-13-7-4-10-22-13)17-9-8-14-18-16(20-19-14)12-5-2-1-3-6-12/h1-3,5-6,13H,4,7-11H2,(H,17,21)(H,18,19,20)/t13-/m0/s1. The lowest BCUT2D eigenvalue weighted by molar-refractivity contribution is -0.123. The Labute approximate surface area is 129 Å². The molecule has 1 saturated heterocycles. The Hall–Kier alpha value is -2.21. The maximum absolute atomic E-state index is 11.8. The van der Waals surface area contributed by atoms with E-state index in [1.54, 1.807) is 0 Å². The van der Waals surface area contributed by atoms with Gasteiger partial charge in [-0.15, -0.1) is 0 Å². The number of nitrogens with one attached hydrogen (secondary N) is 2. The van der Waals surface area contributed by atoms with Crippen LogP contribution in [0.5, 0.6) is 0 Å². The van der Waals surface area contributed by atoms with Crippen molar-refractivity contribution in [1.29, 1.82) is 0 Å². The number of aromatic nitrogens is 3. The van der Waals surface area contributed by atoms with Gasteiger partial charge in [-0.25, -0.2) is 4.98 Å². The molecule has 0 aliphatic carbocycles. The van der Waals surface area contributed by atoms with Crippen molar-refractivity contribution in [2.75, 3.05) is 13.2 Å². The maximum Gasteiger partial charge on any atom is 0.222 e. The lowest BCUT2D eigenvalue weighted by Crippen LogP contribution is -2.29. The SMILES string of the molecule is O=C(C[C@@H]1CCCO1)NCCc1nc(-c2ccccc2)n[nH]1. The fourth-order valence-electron chi connectivity index (χ4n) is 2.53. The number of rotatable bonds is 6. The molecule has 1 aromatic carbocycles. The molecule has 116 valence electrons. The molecule has 6 heteroatoms. The number of aromatic amines is 1. The van der Waals surface area contributed by atoms with Crippen LogP contribution in [0, 0.1) is 0 Å². The summed E-state index contributed by atoms with van der Waals surface area (Å²) in [6, 6.07) is 9.81. The minimum Gasteiger partial charge on any atom is -0.378 e. The van der Waals surface area contributed by atoms with Crippen molar-refractivity contribution in [3.63, 3.8) is 0 Å². The van der Waals surface area contributed by atoms with E-state index in [1.807, 2.05) is 30.3 Å². The van der Waals surface area contributed by atoms with Gasteiger partial charge in [0.2, 0.25) is 5.91 Å². The zero-order valence-corrected chi connectivity index (χ0v) is 12.4. The van der Waals surface area contributed by atoms with Gasteiger partial charge in [0.25, 0.3) is 0 Å². The molecule has 1 aliphatic heterocycles. The number of hydrogen-bond donors (Lipinski definition) is 2. The van der Waals surface area contributed by atoms with Gasteiger partial charge in [0.1, 0.15) is 5.82 Å². The minimum absolute atomic E-state index is 0.0368. The van der Waals surface area contributed by atoms with Crippen molar-refractivity contribution >= 4 is 5.91 Å². The topological polar surface area (TPSA) is 79.9 Å². The average molecular weight is 300 g/mol. The zero-order valence-electron chi connectivity index (χ0n) is 12.4. The van der Waals surface area contributed by atoms with Crippen LogP contribution >= 0.6 is 0 Å². The second-order valence-corrected chi connectivity index (χ2v) is 5.41. The van der Waals surface area contributed by atoms with Crippen LogP contribution in [-0.4, -0.2) is 40.3 Å². The average Bonchev–Trinajstić information content (AvgIpc) is 3.20. The second kappa shape index (κ2) is 7.17. The predicted molar refractivity (Wildman–Crippen MR) is 82.1 cm³/mol. The molecule has 2 N–H and O–H groups in total. The summed E-state index contributed by atoms with van der Waals surface area (Å²) in [7, 11) is 0. The highest BCUT2D eigenvalue weighted by Crippen LogP contribution is 2.15. The number of carbonyl (C=O) groups excluding carboxylic acids is 1.